The number of carbonyl (C=O) groups is 2. The minimum Gasteiger partial charge on any atom is -0.338 e. The molecule has 1 heterocycles. The highest BCUT2D eigenvalue weighted by Crippen LogP contribution is 2.40. The van der Waals surface area contributed by atoms with Gasteiger partial charge in [0.15, 0.2) is 17.5 Å². The van der Waals surface area contributed by atoms with Crippen molar-refractivity contribution in [3.8, 4) is 0 Å². The van der Waals surface area contributed by atoms with Gasteiger partial charge in [-0.2, -0.15) is 39.5 Å². The van der Waals surface area contributed by atoms with Crippen LogP contribution in [0.2, 0.25) is 0 Å². The number of hydrogen-bond acceptors (Lipinski definition) is 3. The number of amides is 2. The zero-order valence-electron chi connectivity index (χ0n) is 19.6. The van der Waals surface area contributed by atoms with Gasteiger partial charge in [-0.3, -0.25) is 14.4 Å². The van der Waals surface area contributed by atoms with Gasteiger partial charge >= 0.3 is 18.5 Å². The maximum atomic E-state index is 14.8. The van der Waals surface area contributed by atoms with E-state index in [-0.39, 0.29) is 29.3 Å². The summed E-state index contributed by atoms with van der Waals surface area (Å²) in [7, 11) is 0. The summed E-state index contributed by atoms with van der Waals surface area (Å²) in [4.78, 5) is 28.9. The Labute approximate surface area is 220 Å². The van der Waals surface area contributed by atoms with E-state index in [4.69, 9.17) is 0 Å². The summed E-state index contributed by atoms with van der Waals surface area (Å²) < 4.78 is 174. The molecule has 2 amide bonds. The van der Waals surface area contributed by atoms with Crippen molar-refractivity contribution in [2.24, 2.45) is 0 Å². The minimum absolute atomic E-state index is 0.0804. The molecule has 18 heteroatoms. The molecule has 2 aromatic rings. The Bertz CT molecular complexity index is 1340. The predicted octanol–water partition coefficient (Wildman–Crippen LogP) is 6.21. The van der Waals surface area contributed by atoms with Crippen LogP contribution < -0.4 is 5.32 Å². The molecule has 1 fully saturated rings. The van der Waals surface area contributed by atoms with Crippen LogP contribution in [0.3, 0.4) is 0 Å². The third-order valence-corrected chi connectivity index (χ3v) is 5.45. The Morgan fingerprint density at radius 3 is 2.10 bits per heavy atom. The summed E-state index contributed by atoms with van der Waals surface area (Å²) in [5, 5.41) is 1.56. The second kappa shape index (κ2) is 11.2. The van der Waals surface area contributed by atoms with Crippen molar-refractivity contribution < 1.29 is 71.5 Å². The largest absolute Gasteiger partial charge is 0.417 e. The zero-order chi connectivity index (χ0) is 31.1. The molecule has 0 radical (unpaired) electrons. The fourth-order valence-corrected chi connectivity index (χ4v) is 3.60. The molecular formula is C23H13F13N2O3. The predicted molar refractivity (Wildman–Crippen MR) is 111 cm³/mol. The van der Waals surface area contributed by atoms with E-state index < -0.39 is 101 Å². The molecule has 1 saturated heterocycles. The number of nitrogens with zero attached hydrogens (tertiary/aromatic N) is 1. The van der Waals surface area contributed by atoms with Crippen molar-refractivity contribution in [3.63, 3.8) is 0 Å². The minimum atomic E-state index is -5.46. The molecule has 1 aliphatic rings. The van der Waals surface area contributed by atoms with Crippen LogP contribution in [0.5, 0.6) is 0 Å². The average molecular weight is 612 g/mol. The van der Waals surface area contributed by atoms with Gasteiger partial charge in [0.25, 0.3) is 11.8 Å². The molecule has 1 aliphatic heterocycles. The Kier molecular flexibility index (Phi) is 8.67. The molecule has 3 rings (SSSR count). The zero-order valence-corrected chi connectivity index (χ0v) is 19.6. The number of hydroxylamine groups is 2. The quantitative estimate of drug-likeness (QED) is 0.312. The van der Waals surface area contributed by atoms with E-state index in [9.17, 15) is 66.7 Å². The maximum absolute atomic E-state index is 14.8. The first-order valence-electron chi connectivity index (χ1n) is 10.8. The first-order chi connectivity index (χ1) is 18.7. The second-order valence-corrected chi connectivity index (χ2v) is 8.40. The number of nitrogens with one attached hydrogen (secondary N) is 1. The number of hydrogen-bond donors (Lipinski definition) is 1. The van der Waals surface area contributed by atoms with Gasteiger partial charge in [-0.1, -0.05) is 6.07 Å². The van der Waals surface area contributed by atoms with Gasteiger partial charge in [0.2, 0.25) is 0 Å². The van der Waals surface area contributed by atoms with Crippen LogP contribution in [0, 0.1) is 17.5 Å². The molecule has 0 bridgehead atoms. The van der Waals surface area contributed by atoms with Gasteiger partial charge < -0.3 is 5.32 Å². The van der Waals surface area contributed by atoms with Gasteiger partial charge in [-0.25, -0.2) is 22.6 Å². The maximum Gasteiger partial charge on any atom is 0.417 e. The molecule has 0 spiro atoms. The SMILES string of the molecule is O=C(NC1CON(CC(F)(F)F)C1=O)c1ccc(/C(F)=C/C(c2cc(F)c(F)c(F)c2)C(F)(F)F)cc1C(F)(F)F. The summed E-state index contributed by atoms with van der Waals surface area (Å²) in [6.07, 6.45) is -16.1. The van der Waals surface area contributed by atoms with Crippen molar-refractivity contribution in [2.45, 2.75) is 30.5 Å². The van der Waals surface area contributed by atoms with E-state index in [0.717, 1.165) is 0 Å². The van der Waals surface area contributed by atoms with Crippen LogP contribution in [0.15, 0.2) is 36.4 Å². The Morgan fingerprint density at radius 1 is 1.00 bits per heavy atom. The Balaban J connectivity index is 1.95. The van der Waals surface area contributed by atoms with Crippen LogP contribution in [-0.4, -0.2) is 48.4 Å². The Morgan fingerprint density at radius 2 is 1.59 bits per heavy atom. The van der Waals surface area contributed by atoms with E-state index >= 15 is 0 Å². The van der Waals surface area contributed by atoms with E-state index in [0.29, 0.717) is 12.1 Å². The second-order valence-electron chi connectivity index (χ2n) is 8.40. The summed E-state index contributed by atoms with van der Waals surface area (Å²) in [5.74, 6) is -14.5. The molecule has 41 heavy (non-hydrogen) atoms. The third-order valence-electron chi connectivity index (χ3n) is 5.45. The van der Waals surface area contributed by atoms with Crippen molar-refractivity contribution >= 4 is 17.6 Å². The number of carbonyl (C=O) groups excluding carboxylic acids is 2. The van der Waals surface area contributed by atoms with E-state index in [1.54, 1.807) is 5.32 Å². The third kappa shape index (κ3) is 7.47. The lowest BCUT2D eigenvalue weighted by Gasteiger charge is -2.19. The van der Waals surface area contributed by atoms with E-state index in [1.165, 1.54) is 0 Å². The van der Waals surface area contributed by atoms with Crippen molar-refractivity contribution in [2.75, 3.05) is 13.2 Å². The smallest absolute Gasteiger partial charge is 0.338 e. The first-order valence-corrected chi connectivity index (χ1v) is 10.8. The van der Waals surface area contributed by atoms with E-state index in [2.05, 4.69) is 4.84 Å². The van der Waals surface area contributed by atoms with Crippen molar-refractivity contribution in [1.82, 2.24) is 10.4 Å². The highest BCUT2D eigenvalue weighted by atomic mass is 19.4. The summed E-state index contributed by atoms with van der Waals surface area (Å²) in [5.41, 5.74) is -5.70. The summed E-state index contributed by atoms with van der Waals surface area (Å²) >= 11 is 0. The molecule has 5 nitrogen and oxygen atoms in total. The molecule has 1 N–H and O–H groups in total. The molecule has 2 aromatic carbocycles. The average Bonchev–Trinajstić information content (AvgIpc) is 3.16. The molecule has 2 atom stereocenters. The fraction of sp³-hybridized carbons (Fsp3) is 0.304. The van der Waals surface area contributed by atoms with Crippen LogP contribution in [0.25, 0.3) is 5.83 Å². The topological polar surface area (TPSA) is 58.6 Å². The van der Waals surface area contributed by atoms with E-state index in [1.807, 2.05) is 0 Å². The summed E-state index contributed by atoms with van der Waals surface area (Å²) in [6, 6.07) is -1.35. The number of benzene rings is 2. The molecule has 2 unspecified atom stereocenters. The van der Waals surface area contributed by atoms with Crippen LogP contribution in [-0.2, 0) is 15.8 Å². The number of halogens is 13. The number of rotatable bonds is 6. The van der Waals surface area contributed by atoms with Crippen LogP contribution in [0.1, 0.15) is 33.0 Å². The fourth-order valence-electron chi connectivity index (χ4n) is 3.60. The highest BCUT2D eigenvalue weighted by molar-refractivity contribution is 5.99. The highest BCUT2D eigenvalue weighted by Gasteiger charge is 2.43. The molecular weight excluding hydrogens is 599 g/mol. The summed E-state index contributed by atoms with van der Waals surface area (Å²) in [6.45, 7) is -2.76. The van der Waals surface area contributed by atoms with Gasteiger partial charge in [-0.15, -0.1) is 0 Å². The van der Waals surface area contributed by atoms with Crippen molar-refractivity contribution in [1.29, 1.82) is 0 Å². The Hall–Kier alpha value is -3.83. The lowest BCUT2D eigenvalue weighted by molar-refractivity contribution is -0.214. The van der Waals surface area contributed by atoms with Crippen LogP contribution >= 0.6 is 0 Å². The first kappa shape index (κ1) is 31.7. The molecule has 0 aromatic heterocycles. The normalized spacial score (nSPS) is 17.7. The molecule has 0 saturated carbocycles. The molecule has 224 valence electrons. The standard InChI is InChI=1S/C23H13F13N2O3/c24-14(6-12(22(31,32)33)10-4-15(25)18(27)16(26)5-10)9-1-2-11(13(3-9)23(34,35)36)19(39)37-17-7-41-38(20(17)40)8-21(28,29)30/h1-6,12,17H,7-8H2,(H,37,39)/b14-6-. The number of alkyl halides is 9. The monoisotopic (exact) mass is 612 g/mol. The number of allylic oxidation sites excluding steroid dienone is 1. The van der Waals surface area contributed by atoms with Crippen LogP contribution in [0.4, 0.5) is 57.1 Å². The molecule has 0 aliphatic carbocycles. The van der Waals surface area contributed by atoms with Gasteiger partial charge in [0.05, 0.1) is 11.1 Å². The lowest BCUT2D eigenvalue weighted by Crippen LogP contribution is -2.44. The van der Waals surface area contributed by atoms with Crippen molar-refractivity contribution in [3.05, 3.63) is 76.1 Å². The van der Waals surface area contributed by atoms with Gasteiger partial charge in [0.1, 0.15) is 30.9 Å². The lowest BCUT2D eigenvalue weighted by atomic mass is 9.95. The van der Waals surface area contributed by atoms with Gasteiger partial charge in [0, 0.05) is 5.56 Å². The van der Waals surface area contributed by atoms with Gasteiger partial charge in [-0.05, 0) is 35.9 Å².